The van der Waals surface area contributed by atoms with E-state index >= 15 is 0 Å². The molecule has 1 N–H and O–H groups in total. The molecule has 0 aliphatic heterocycles. The smallest absolute Gasteiger partial charge is 0.216 e. The number of benzene rings is 2. The predicted octanol–water partition coefficient (Wildman–Crippen LogP) is 4.08. The maximum Gasteiger partial charge on any atom is 0.216 e. The third-order valence-corrected chi connectivity index (χ3v) is 3.60. The van der Waals surface area contributed by atoms with Gasteiger partial charge < -0.3 is 0 Å². The zero-order chi connectivity index (χ0) is 16.4. The predicted molar refractivity (Wildman–Crippen MR) is 86.9 cm³/mol. The van der Waals surface area contributed by atoms with Crippen LogP contribution < -0.4 is 0 Å². The summed E-state index contributed by atoms with van der Waals surface area (Å²) >= 11 is 5.14. The van der Waals surface area contributed by atoms with Crippen LogP contribution in [0.5, 0.6) is 0 Å². The van der Waals surface area contributed by atoms with Gasteiger partial charge in [-0.3, -0.25) is 0 Å². The van der Waals surface area contributed by atoms with Gasteiger partial charge in [0.15, 0.2) is 5.82 Å². The highest BCUT2D eigenvalue weighted by atomic mass is 32.1. The Hall–Kier alpha value is -2.67. The van der Waals surface area contributed by atoms with Gasteiger partial charge in [-0.2, -0.15) is 14.9 Å². The fourth-order valence-corrected chi connectivity index (χ4v) is 2.33. The molecule has 1 heterocycles. The summed E-state index contributed by atoms with van der Waals surface area (Å²) in [6.45, 7) is 1.93. The highest BCUT2D eigenvalue weighted by molar-refractivity contribution is 7.71. The molecule has 116 valence electrons. The summed E-state index contributed by atoms with van der Waals surface area (Å²) in [6.07, 6.45) is 1.10. The van der Waals surface area contributed by atoms with E-state index in [-0.39, 0.29) is 10.3 Å². The van der Waals surface area contributed by atoms with Gasteiger partial charge in [0.2, 0.25) is 4.77 Å². The lowest BCUT2D eigenvalue weighted by atomic mass is 10.1. The van der Waals surface area contributed by atoms with Crippen molar-refractivity contribution >= 4 is 18.4 Å². The molecule has 0 saturated heterocycles. The van der Waals surface area contributed by atoms with Gasteiger partial charge in [-0.15, -0.1) is 0 Å². The van der Waals surface area contributed by atoms with Crippen LogP contribution in [0.3, 0.4) is 0 Å². The van der Waals surface area contributed by atoms with E-state index in [0.29, 0.717) is 5.82 Å². The number of nitrogens with zero attached hydrogens (tertiary/aromatic N) is 3. The van der Waals surface area contributed by atoms with Gasteiger partial charge in [0.25, 0.3) is 0 Å². The number of aryl methyl sites for hydroxylation is 1. The number of hydrogen-bond acceptors (Lipinski definition) is 3. The molecule has 3 rings (SSSR count). The van der Waals surface area contributed by atoms with Crippen LogP contribution in [-0.4, -0.2) is 21.1 Å². The van der Waals surface area contributed by atoms with E-state index < -0.39 is 11.6 Å². The van der Waals surface area contributed by atoms with Crippen molar-refractivity contribution in [3.05, 3.63) is 70.0 Å². The van der Waals surface area contributed by atoms with E-state index in [9.17, 15) is 8.78 Å². The van der Waals surface area contributed by atoms with Gasteiger partial charge in [0.05, 0.1) is 11.8 Å². The fraction of sp³-hybridized carbons (Fsp3) is 0.0625. The molecule has 0 fully saturated rings. The minimum Gasteiger partial charge on any atom is -0.250 e. The number of nitrogens with one attached hydrogen (secondary N) is 1. The molecule has 2 aromatic carbocycles. The van der Waals surface area contributed by atoms with Crippen molar-refractivity contribution in [2.75, 3.05) is 0 Å². The van der Waals surface area contributed by atoms with Crippen molar-refractivity contribution in [1.82, 2.24) is 14.9 Å². The van der Waals surface area contributed by atoms with Crippen LogP contribution in [-0.2, 0) is 0 Å². The summed E-state index contributed by atoms with van der Waals surface area (Å²) in [5.74, 6) is -0.913. The van der Waals surface area contributed by atoms with E-state index in [4.69, 9.17) is 12.2 Å². The quantitative estimate of drug-likeness (QED) is 0.581. The van der Waals surface area contributed by atoms with E-state index in [2.05, 4.69) is 15.3 Å². The Bertz CT molecular complexity index is 923. The van der Waals surface area contributed by atoms with Crippen molar-refractivity contribution in [3.8, 4) is 11.4 Å². The molecule has 4 nitrogen and oxygen atoms in total. The topological polar surface area (TPSA) is 46.0 Å². The summed E-state index contributed by atoms with van der Waals surface area (Å²) < 4.78 is 28.9. The normalized spacial score (nSPS) is 11.3. The number of hydrogen-bond donors (Lipinski definition) is 1. The van der Waals surface area contributed by atoms with Crippen LogP contribution in [0, 0.1) is 23.3 Å². The van der Waals surface area contributed by atoms with Crippen LogP contribution in [0.25, 0.3) is 11.4 Å². The molecular weight excluding hydrogens is 318 g/mol. The van der Waals surface area contributed by atoms with E-state index in [0.717, 1.165) is 17.3 Å². The molecule has 0 unspecified atom stereocenters. The van der Waals surface area contributed by atoms with Crippen LogP contribution in [0.4, 0.5) is 8.78 Å². The molecule has 23 heavy (non-hydrogen) atoms. The SMILES string of the molecule is Cc1ccccc1-c1n[nH]c(=S)n1/N=C\c1c(F)cccc1F. The van der Waals surface area contributed by atoms with Crippen molar-refractivity contribution in [3.63, 3.8) is 0 Å². The van der Waals surface area contributed by atoms with Crippen LogP contribution in [0.2, 0.25) is 0 Å². The lowest BCUT2D eigenvalue weighted by Crippen LogP contribution is -1.99. The largest absolute Gasteiger partial charge is 0.250 e. The van der Waals surface area contributed by atoms with Crippen molar-refractivity contribution in [1.29, 1.82) is 0 Å². The summed E-state index contributed by atoms with van der Waals surface area (Å²) in [7, 11) is 0. The zero-order valence-electron chi connectivity index (χ0n) is 12.1. The second-order valence-electron chi connectivity index (χ2n) is 4.86. The molecule has 0 bridgehead atoms. The summed E-state index contributed by atoms with van der Waals surface area (Å²) in [5.41, 5.74) is 1.58. The fourth-order valence-electron chi connectivity index (χ4n) is 2.15. The molecule has 0 radical (unpaired) electrons. The van der Waals surface area contributed by atoms with Gasteiger partial charge in [-0.1, -0.05) is 30.3 Å². The van der Waals surface area contributed by atoms with Gasteiger partial charge in [-0.05, 0) is 36.8 Å². The Morgan fingerprint density at radius 1 is 1.13 bits per heavy atom. The number of H-pyrrole nitrogens is 1. The molecular formula is C16H12F2N4S. The molecule has 0 amide bonds. The first-order valence-corrected chi connectivity index (χ1v) is 7.20. The average Bonchev–Trinajstić information content (AvgIpc) is 2.88. The monoisotopic (exact) mass is 330 g/mol. The second kappa shape index (κ2) is 6.21. The maximum absolute atomic E-state index is 13.7. The average molecular weight is 330 g/mol. The standard InChI is InChI=1S/C16H12F2N4S/c1-10-5-2-3-6-11(10)15-20-21-16(23)22(15)19-9-12-13(17)7-4-8-14(12)18/h2-9H,1H3,(H,21,23)/b19-9-. The number of halogens is 2. The summed E-state index contributed by atoms with van der Waals surface area (Å²) in [5, 5.41) is 10.9. The van der Waals surface area contributed by atoms with Gasteiger partial charge >= 0.3 is 0 Å². The maximum atomic E-state index is 13.7. The van der Waals surface area contributed by atoms with Crippen molar-refractivity contribution < 1.29 is 8.78 Å². The highest BCUT2D eigenvalue weighted by Gasteiger charge is 2.11. The highest BCUT2D eigenvalue weighted by Crippen LogP contribution is 2.21. The first-order valence-electron chi connectivity index (χ1n) is 6.79. The Labute approximate surface area is 136 Å². The molecule has 0 saturated carbocycles. The number of aromatic amines is 1. The Morgan fingerprint density at radius 2 is 1.83 bits per heavy atom. The Balaban J connectivity index is 2.09. The lowest BCUT2D eigenvalue weighted by molar-refractivity contribution is 0.580. The Morgan fingerprint density at radius 3 is 2.52 bits per heavy atom. The molecule has 0 spiro atoms. The van der Waals surface area contributed by atoms with Crippen LogP contribution >= 0.6 is 12.2 Å². The first-order chi connectivity index (χ1) is 11.1. The van der Waals surface area contributed by atoms with Crippen LogP contribution in [0.1, 0.15) is 11.1 Å². The van der Waals surface area contributed by atoms with Crippen LogP contribution in [0.15, 0.2) is 47.6 Å². The zero-order valence-corrected chi connectivity index (χ0v) is 12.9. The van der Waals surface area contributed by atoms with Crippen molar-refractivity contribution in [2.24, 2.45) is 5.10 Å². The van der Waals surface area contributed by atoms with E-state index in [1.165, 1.54) is 22.9 Å². The molecule has 0 aliphatic rings. The van der Waals surface area contributed by atoms with Crippen molar-refractivity contribution in [2.45, 2.75) is 6.92 Å². The minimum absolute atomic E-state index is 0.230. The number of rotatable bonds is 3. The summed E-state index contributed by atoms with van der Waals surface area (Å²) in [4.78, 5) is 0. The number of aromatic nitrogens is 3. The van der Waals surface area contributed by atoms with Gasteiger partial charge in [-0.25, -0.2) is 13.9 Å². The third-order valence-electron chi connectivity index (χ3n) is 3.34. The minimum atomic E-state index is -0.693. The molecule has 7 heteroatoms. The summed E-state index contributed by atoms with van der Waals surface area (Å²) in [6, 6.07) is 11.2. The molecule has 0 aliphatic carbocycles. The molecule has 3 aromatic rings. The third kappa shape index (κ3) is 2.95. The molecule has 0 atom stereocenters. The van der Waals surface area contributed by atoms with Gasteiger partial charge in [0.1, 0.15) is 11.6 Å². The Kier molecular flexibility index (Phi) is 4.12. The first kappa shape index (κ1) is 15.2. The molecule has 1 aromatic heterocycles. The van der Waals surface area contributed by atoms with Gasteiger partial charge in [0, 0.05) is 5.56 Å². The van der Waals surface area contributed by atoms with E-state index in [1.807, 2.05) is 31.2 Å². The second-order valence-corrected chi connectivity index (χ2v) is 5.25. The lowest BCUT2D eigenvalue weighted by Gasteiger charge is -2.04. The van der Waals surface area contributed by atoms with E-state index in [1.54, 1.807) is 0 Å².